The summed E-state index contributed by atoms with van der Waals surface area (Å²) in [4.78, 5) is 29.1. The number of nitrogens with zero attached hydrogens (tertiary/aromatic N) is 4. The number of carbonyl (C=O) groups excluding carboxylic acids is 2. The second-order valence-electron chi connectivity index (χ2n) is 5.50. The molecule has 1 aromatic rings. The Labute approximate surface area is 150 Å². The van der Waals surface area contributed by atoms with Gasteiger partial charge < -0.3 is 23.8 Å². The summed E-state index contributed by atoms with van der Waals surface area (Å²) in [7, 11) is 5.58. The first kappa shape index (κ1) is 19.2. The molecule has 0 aromatic heterocycles. The van der Waals surface area contributed by atoms with Crippen LogP contribution >= 0.6 is 0 Å². The van der Waals surface area contributed by atoms with E-state index < -0.39 is 24.0 Å². The van der Waals surface area contributed by atoms with Crippen LogP contribution in [0.3, 0.4) is 0 Å². The van der Waals surface area contributed by atoms with E-state index in [0.29, 0.717) is 17.2 Å². The average Bonchev–Trinajstić information content (AvgIpc) is 3.09. The highest BCUT2D eigenvalue weighted by Gasteiger charge is 2.40. The van der Waals surface area contributed by atoms with Crippen LogP contribution in [0.15, 0.2) is 17.2 Å². The van der Waals surface area contributed by atoms with Crippen LogP contribution in [0.25, 0.3) is 10.4 Å². The zero-order chi connectivity index (χ0) is 19.3. The first-order chi connectivity index (χ1) is 12.5. The smallest absolute Gasteiger partial charge is 0.328 e. The summed E-state index contributed by atoms with van der Waals surface area (Å²) in [5.74, 6) is -0.0209. The molecule has 10 nitrogen and oxygen atoms in total. The van der Waals surface area contributed by atoms with E-state index >= 15 is 0 Å². The molecule has 1 aromatic carbocycles. The SMILES string of the molecule is COC(=O)[C@@H]1C[C@H](N=[N+]=[N-])CN1C(=O)c1cc(OC)c(OC)c(OC)c1. The number of hydrogen-bond acceptors (Lipinski definition) is 7. The minimum Gasteiger partial charge on any atom is -0.493 e. The minimum absolute atomic E-state index is 0.110. The van der Waals surface area contributed by atoms with E-state index in [1.54, 1.807) is 0 Å². The maximum absolute atomic E-state index is 13.0. The van der Waals surface area contributed by atoms with Crippen molar-refractivity contribution in [3.05, 3.63) is 28.1 Å². The molecule has 0 spiro atoms. The number of ether oxygens (including phenoxy) is 4. The fourth-order valence-corrected chi connectivity index (χ4v) is 2.92. The Morgan fingerprint density at radius 2 is 1.77 bits per heavy atom. The summed E-state index contributed by atoms with van der Waals surface area (Å²) in [6.45, 7) is 0.110. The topological polar surface area (TPSA) is 123 Å². The lowest BCUT2D eigenvalue weighted by Crippen LogP contribution is -2.41. The van der Waals surface area contributed by atoms with Crippen molar-refractivity contribution in [3.8, 4) is 17.2 Å². The number of methoxy groups -OCH3 is 4. The van der Waals surface area contributed by atoms with Crippen LogP contribution < -0.4 is 14.2 Å². The van der Waals surface area contributed by atoms with E-state index in [2.05, 4.69) is 10.0 Å². The fraction of sp³-hybridized carbons (Fsp3) is 0.500. The first-order valence-electron chi connectivity index (χ1n) is 7.73. The quantitative estimate of drug-likeness (QED) is 0.328. The zero-order valence-corrected chi connectivity index (χ0v) is 15.0. The van der Waals surface area contributed by atoms with Crippen LogP contribution in [0.5, 0.6) is 17.2 Å². The predicted molar refractivity (Wildman–Crippen MR) is 90.5 cm³/mol. The average molecular weight is 364 g/mol. The molecule has 1 fully saturated rings. The molecule has 0 saturated carbocycles. The molecule has 0 radical (unpaired) electrons. The van der Waals surface area contributed by atoms with Gasteiger partial charge in [0.15, 0.2) is 11.5 Å². The number of likely N-dealkylation sites (tertiary alicyclic amines) is 1. The summed E-state index contributed by atoms with van der Waals surface area (Å²) < 4.78 is 20.5. The maximum atomic E-state index is 13.0. The molecular weight excluding hydrogens is 344 g/mol. The summed E-state index contributed by atoms with van der Waals surface area (Å²) in [5, 5.41) is 3.62. The monoisotopic (exact) mass is 364 g/mol. The van der Waals surface area contributed by atoms with Crippen LogP contribution in [0.2, 0.25) is 0 Å². The lowest BCUT2D eigenvalue weighted by molar-refractivity contribution is -0.145. The van der Waals surface area contributed by atoms with E-state index in [9.17, 15) is 9.59 Å². The van der Waals surface area contributed by atoms with E-state index in [-0.39, 0.29) is 18.5 Å². The maximum Gasteiger partial charge on any atom is 0.328 e. The van der Waals surface area contributed by atoms with Crippen molar-refractivity contribution < 1.29 is 28.5 Å². The third-order valence-electron chi connectivity index (χ3n) is 4.14. The lowest BCUT2D eigenvalue weighted by Gasteiger charge is -2.23. The molecule has 0 aliphatic carbocycles. The number of rotatable bonds is 6. The molecule has 26 heavy (non-hydrogen) atoms. The van der Waals surface area contributed by atoms with Gasteiger partial charge in [0.2, 0.25) is 5.75 Å². The number of carbonyl (C=O) groups is 2. The van der Waals surface area contributed by atoms with Gasteiger partial charge in [-0.25, -0.2) is 4.79 Å². The van der Waals surface area contributed by atoms with Crippen LogP contribution in [-0.2, 0) is 9.53 Å². The van der Waals surface area contributed by atoms with Crippen LogP contribution in [-0.4, -0.2) is 63.8 Å². The third kappa shape index (κ3) is 3.60. The van der Waals surface area contributed by atoms with Crippen molar-refractivity contribution >= 4 is 11.9 Å². The second kappa shape index (κ2) is 8.30. The number of benzene rings is 1. The van der Waals surface area contributed by atoms with Gasteiger partial charge in [0, 0.05) is 17.0 Å². The van der Waals surface area contributed by atoms with Gasteiger partial charge in [0.25, 0.3) is 5.91 Å². The molecular formula is C16H20N4O6. The van der Waals surface area contributed by atoms with Crippen molar-refractivity contribution in [1.82, 2.24) is 4.90 Å². The van der Waals surface area contributed by atoms with Gasteiger partial charge >= 0.3 is 5.97 Å². The molecule has 0 bridgehead atoms. The highest BCUT2D eigenvalue weighted by molar-refractivity contribution is 5.98. The normalized spacial score (nSPS) is 18.7. The molecule has 1 amide bonds. The van der Waals surface area contributed by atoms with Crippen molar-refractivity contribution in [3.63, 3.8) is 0 Å². The third-order valence-corrected chi connectivity index (χ3v) is 4.14. The molecule has 2 rings (SSSR count). The van der Waals surface area contributed by atoms with Gasteiger partial charge in [-0.3, -0.25) is 4.79 Å². The standard InChI is InChI=1S/C16H20N4O6/c1-23-12-5-9(6-13(24-2)14(12)25-3)15(21)20-8-10(18-19-17)7-11(20)16(22)26-4/h5-6,10-11H,7-8H2,1-4H3/t10-,11-/m0/s1. The van der Waals surface area contributed by atoms with Crippen LogP contribution in [0.4, 0.5) is 0 Å². The molecule has 1 heterocycles. The van der Waals surface area contributed by atoms with E-state index in [0.717, 1.165) is 0 Å². The Bertz CT molecular complexity index is 721. The molecule has 140 valence electrons. The first-order valence-corrected chi connectivity index (χ1v) is 7.73. The van der Waals surface area contributed by atoms with Gasteiger partial charge in [-0.1, -0.05) is 5.11 Å². The van der Waals surface area contributed by atoms with E-state index in [1.807, 2.05) is 0 Å². The van der Waals surface area contributed by atoms with Crippen molar-refractivity contribution in [1.29, 1.82) is 0 Å². The largest absolute Gasteiger partial charge is 0.493 e. The second-order valence-corrected chi connectivity index (χ2v) is 5.50. The Morgan fingerprint density at radius 1 is 1.15 bits per heavy atom. The van der Waals surface area contributed by atoms with E-state index in [4.69, 9.17) is 24.5 Å². The van der Waals surface area contributed by atoms with Crippen molar-refractivity contribution in [2.45, 2.75) is 18.5 Å². The van der Waals surface area contributed by atoms with E-state index in [1.165, 1.54) is 45.5 Å². The van der Waals surface area contributed by atoms with Crippen molar-refractivity contribution in [2.24, 2.45) is 5.11 Å². The summed E-state index contributed by atoms with van der Waals surface area (Å²) in [6, 6.07) is 1.66. The van der Waals surface area contributed by atoms with Gasteiger partial charge in [0.05, 0.1) is 34.5 Å². The number of azide groups is 1. The summed E-state index contributed by atoms with van der Waals surface area (Å²) in [6.07, 6.45) is 0.201. The molecule has 2 atom stereocenters. The molecule has 1 aliphatic rings. The fourth-order valence-electron chi connectivity index (χ4n) is 2.92. The highest BCUT2D eigenvalue weighted by atomic mass is 16.5. The summed E-state index contributed by atoms with van der Waals surface area (Å²) >= 11 is 0. The highest BCUT2D eigenvalue weighted by Crippen LogP contribution is 2.39. The van der Waals surface area contributed by atoms with Crippen molar-refractivity contribution in [2.75, 3.05) is 35.0 Å². The van der Waals surface area contributed by atoms with Crippen LogP contribution in [0.1, 0.15) is 16.8 Å². The van der Waals surface area contributed by atoms with Gasteiger partial charge in [0.1, 0.15) is 6.04 Å². The van der Waals surface area contributed by atoms with Crippen LogP contribution in [0, 0.1) is 0 Å². The Hall–Kier alpha value is -3.13. The molecule has 0 unspecified atom stereocenters. The molecule has 1 aliphatic heterocycles. The Balaban J connectivity index is 2.42. The predicted octanol–water partition coefficient (Wildman–Crippen LogP) is 1.78. The zero-order valence-electron chi connectivity index (χ0n) is 15.0. The lowest BCUT2D eigenvalue weighted by atomic mass is 10.1. The molecule has 10 heteroatoms. The van der Waals surface area contributed by atoms with Gasteiger partial charge in [-0.2, -0.15) is 0 Å². The minimum atomic E-state index is -0.831. The summed E-state index contributed by atoms with van der Waals surface area (Å²) in [5.41, 5.74) is 8.88. The number of amides is 1. The van der Waals surface area contributed by atoms with Gasteiger partial charge in [-0.05, 0) is 24.1 Å². The number of hydrogen-bond donors (Lipinski definition) is 0. The molecule has 0 N–H and O–H groups in total. The Morgan fingerprint density at radius 3 is 2.23 bits per heavy atom. The number of esters is 1. The van der Waals surface area contributed by atoms with Gasteiger partial charge in [-0.15, -0.1) is 0 Å². The Kier molecular flexibility index (Phi) is 6.13. The molecule has 1 saturated heterocycles.